The van der Waals surface area contributed by atoms with E-state index in [1.165, 1.54) is 70.1 Å². The molecule has 0 saturated carbocycles. The van der Waals surface area contributed by atoms with E-state index in [0.29, 0.717) is 0 Å². The Morgan fingerprint density at radius 3 is 0.265 bits per heavy atom. The molecule has 8 rings (SSSR count). The normalized spacial score (nSPS) is 6.04. The Balaban J connectivity index is -0.0000000170. The maximum Gasteiger partial charge on any atom is 1.00 e. The largest absolute Gasteiger partial charge is 2.00 e. The fourth-order valence-corrected chi connectivity index (χ4v) is 15.5. The predicted octanol–water partition coefficient (Wildman–Crippen LogP) is 7.62. The van der Waals surface area contributed by atoms with Gasteiger partial charge in [0.05, 0.1) is 24.3 Å². The first kappa shape index (κ1) is 225. The van der Waals surface area contributed by atoms with E-state index in [1.54, 1.807) is 24.3 Å². The van der Waals surface area contributed by atoms with Gasteiger partial charge in [0.25, 0.3) is 0 Å². The molecule has 0 amide bonds. The summed E-state index contributed by atoms with van der Waals surface area (Å²) in [6.07, 6.45) is 0. The van der Waals surface area contributed by atoms with E-state index in [0.717, 1.165) is 0 Å². The van der Waals surface area contributed by atoms with Crippen LogP contribution >= 0.6 is 14.5 Å². The van der Waals surface area contributed by atoms with Crippen LogP contribution in [0.25, 0.3) is 0 Å². The van der Waals surface area contributed by atoms with E-state index in [4.69, 9.17) is 21.0 Å². The van der Waals surface area contributed by atoms with Gasteiger partial charge in [-0.2, -0.15) is 21.0 Å². The van der Waals surface area contributed by atoms with E-state index >= 15 is 0 Å². The van der Waals surface area contributed by atoms with Gasteiger partial charge in [-0.3, -0.25) is 0 Å². The van der Waals surface area contributed by atoms with Crippen LogP contribution < -0.4 is 42.4 Å². The number of nitriles is 4. The minimum atomic E-state index is -1.91. The molecule has 30 nitrogen and oxygen atoms in total. The van der Waals surface area contributed by atoms with Crippen LogP contribution in [0.3, 0.4) is 0 Å². The SMILES string of the molecule is CC#N.CC#N.CC#N.CC#N.[Ag+].[Ag+].[Mo].[Mo].[Mo].[Mo].[Mo].[Mo].[Mo].[Mo].[O-2].[O-2].[O-2].[O-2].[O-2].[O-2].[O-2].[O-2].[O-2].[O-2].[O-2].[O-2].[O-2].[O-2].[O-2].[O-2].[O-2].[O-2].[O-2].[O-2].[O-2].[O-2].[O-2].[O-2].[O-2].[O-2].c1ccc([P+](c2ccccc2)(c2ccccc2)c2ccccc2)cc1.c1ccc([P+](c2ccccc2)(c2ccccc2)c2ccccc2)cc1. The second kappa shape index (κ2) is 138. The Hall–Kier alpha value is -1.47. The topological polar surface area (TPSA) is 836 Å². The minimum Gasteiger partial charge on any atom is -2.00 e. The van der Waals surface area contributed by atoms with Crippen LogP contribution in [-0.2, 0) is 356 Å². The van der Waals surface area contributed by atoms with Gasteiger partial charge in [0.2, 0.25) is 0 Å². The molecule has 0 unspecified atom stereocenters. The minimum absolute atomic E-state index is 0. The molecule has 580 valence electrons. The van der Waals surface area contributed by atoms with Gasteiger partial charge in [-0.05, 0) is 97.1 Å². The maximum absolute atomic E-state index is 7.32. The molecule has 0 saturated heterocycles. The Kier molecular flexibility index (Phi) is 318. The maximum atomic E-state index is 7.32. The van der Waals surface area contributed by atoms with Crippen molar-refractivity contribution in [3.8, 4) is 24.3 Å². The first-order chi connectivity index (χ1) is 30.5. The van der Waals surface area contributed by atoms with Crippen molar-refractivity contribution in [2.24, 2.45) is 0 Å². The van der Waals surface area contributed by atoms with Gasteiger partial charge < -0.3 is 142 Å². The summed E-state index contributed by atoms with van der Waals surface area (Å²) in [5.74, 6) is 0. The molecule has 8 aromatic carbocycles. The van der Waals surface area contributed by atoms with Gasteiger partial charge in [-0.1, -0.05) is 146 Å². The van der Waals surface area contributed by atoms with Gasteiger partial charge in [-0.15, -0.1) is 0 Å². The van der Waals surface area contributed by atoms with Crippen molar-refractivity contribution in [2.45, 2.75) is 27.7 Å². The molecule has 0 aliphatic heterocycles. The van der Waals surface area contributed by atoms with Crippen molar-refractivity contribution in [1.82, 2.24) is 0 Å². The fourth-order valence-electron chi connectivity index (χ4n) is 7.00. The van der Waals surface area contributed by atoms with E-state index < -0.39 is 14.5 Å². The average molecular weight is 2240 g/mol. The molecule has 8 aromatic rings. The summed E-state index contributed by atoms with van der Waals surface area (Å²) in [5, 5.41) is 40.4. The van der Waals surface area contributed by atoms with Gasteiger partial charge >= 0.3 is 44.8 Å². The molecular weight excluding hydrogens is 2190 g/mol. The molecule has 0 aromatic heterocycles. The molecule has 0 heterocycles. The molecule has 98 heavy (non-hydrogen) atoms. The first-order valence-corrected chi connectivity index (χ1v) is 23.5. The summed E-state index contributed by atoms with van der Waals surface area (Å²) in [5.41, 5.74) is 0. The Labute approximate surface area is 719 Å². The van der Waals surface area contributed by atoms with E-state index in [-0.39, 0.29) is 356 Å². The zero-order chi connectivity index (χ0) is 44.7. The van der Waals surface area contributed by atoms with Crippen molar-refractivity contribution >= 4 is 57.0 Å². The number of hydrogen-bond acceptors (Lipinski definition) is 4. The van der Waals surface area contributed by atoms with Crippen LogP contribution in [0.2, 0.25) is 0 Å². The molecule has 0 aliphatic rings. The molecule has 0 atom stereocenters. The zero-order valence-electron chi connectivity index (χ0n) is 50.3. The van der Waals surface area contributed by atoms with E-state index in [2.05, 4.69) is 243 Å². The van der Waals surface area contributed by atoms with Gasteiger partial charge in [0, 0.05) is 196 Å². The van der Waals surface area contributed by atoms with Gasteiger partial charge in [0.1, 0.15) is 57.0 Å². The second-order valence-corrected chi connectivity index (χ2v) is 19.7. The smallest absolute Gasteiger partial charge is 1.00 e. The standard InChI is InChI=1S/2C24H20P.4C2H3N.2Ag.8Mo.26O/c2*1-5-13-21(14-6-1)25(22-15-7-2-8-16-22,23-17-9-3-10-18-23)24-19-11-4-12-20-24;4*1-2-3;;;;;;;;;;;;;;;;;;;;;;;;;;;;;;;;;;;;/h2*1-20H;4*1H3;;;;;;;;;;;;;;;;;;;;;;;;;;;;;;;;;;;;/q2*+1;;;;;2*+1;;;;;;;;;26*-2. The average Bonchev–Trinajstić information content (AvgIpc) is 3.34. The molecule has 0 radical (unpaired) electrons. The molecule has 0 fully saturated rings. The van der Waals surface area contributed by atoms with Crippen LogP contribution in [0, 0.1) is 45.3 Å². The van der Waals surface area contributed by atoms with Crippen LogP contribution in [0.1, 0.15) is 27.7 Å². The third kappa shape index (κ3) is 67.7. The van der Waals surface area contributed by atoms with E-state index in [9.17, 15) is 0 Å². The summed E-state index contributed by atoms with van der Waals surface area (Å²) in [4.78, 5) is 0. The molecule has 0 aliphatic carbocycles. The fraction of sp³-hybridized carbons (Fsp3) is 0.0714. The van der Waals surface area contributed by atoms with Gasteiger partial charge in [-0.25, -0.2) is 0 Å². The number of rotatable bonds is 8. The zero-order valence-corrected chi connectivity index (χ0v) is 71.1. The molecule has 42 heteroatoms. The second-order valence-electron chi connectivity index (χ2n) is 12.9. The van der Waals surface area contributed by atoms with Crippen molar-refractivity contribution in [3.63, 3.8) is 0 Å². The van der Waals surface area contributed by atoms with Crippen LogP contribution in [0.4, 0.5) is 0 Å². The third-order valence-electron chi connectivity index (χ3n) is 9.15. The van der Waals surface area contributed by atoms with Crippen molar-refractivity contribution in [2.75, 3.05) is 0 Å². The monoisotopic (exact) mass is 2260 g/mol. The summed E-state index contributed by atoms with van der Waals surface area (Å²) in [6, 6.07) is 94.7. The van der Waals surface area contributed by atoms with Crippen LogP contribution in [-0.4, -0.2) is 0 Å². The number of nitrogens with zero attached hydrogens (tertiary/aromatic N) is 4. The van der Waals surface area contributed by atoms with Crippen LogP contribution in [0.15, 0.2) is 243 Å². The molecular formula is C56H52Ag2Mo8N4O26P2-48. The van der Waals surface area contributed by atoms with Crippen LogP contribution in [0.5, 0.6) is 0 Å². The molecule has 0 N–H and O–H groups in total. The predicted molar refractivity (Wildman–Crippen MR) is 285 cm³/mol. The third-order valence-corrected chi connectivity index (χ3v) is 17.7. The van der Waals surface area contributed by atoms with Crippen molar-refractivity contribution in [3.05, 3.63) is 243 Å². The summed E-state index contributed by atoms with van der Waals surface area (Å²) < 4.78 is 0. The molecule has 0 bridgehead atoms. The van der Waals surface area contributed by atoms with Gasteiger partial charge in [0.15, 0.2) is 0 Å². The summed E-state index contributed by atoms with van der Waals surface area (Å²) >= 11 is 0. The van der Waals surface area contributed by atoms with Crippen molar-refractivity contribution in [1.29, 1.82) is 21.0 Å². The Morgan fingerprint density at radius 1 is 0.163 bits per heavy atom. The number of benzene rings is 8. The number of hydrogen-bond donors (Lipinski definition) is 0. The summed E-state index contributed by atoms with van der Waals surface area (Å²) in [6.45, 7) is 5.72. The Morgan fingerprint density at radius 2 is 0.214 bits per heavy atom. The molecule has 0 spiro atoms. The quantitative estimate of drug-likeness (QED) is 0.109. The Bertz CT molecular complexity index is 2160. The van der Waals surface area contributed by atoms with E-state index in [1.807, 2.05) is 0 Å². The summed E-state index contributed by atoms with van der Waals surface area (Å²) in [7, 11) is -3.81. The van der Waals surface area contributed by atoms with Crippen molar-refractivity contribution < 1.29 is 356 Å². The first-order valence-electron chi connectivity index (χ1n) is 20.0.